The SMILES string of the molecule is O=C(O)CCCCCNc1c(F)cc(Br)cc1F. The number of halogens is 3. The van der Waals surface area contributed by atoms with E-state index >= 15 is 0 Å². The molecule has 0 aliphatic heterocycles. The molecule has 0 aliphatic rings. The fourth-order valence-electron chi connectivity index (χ4n) is 1.50. The molecule has 0 saturated heterocycles. The average Bonchev–Trinajstić information content (AvgIpc) is 2.25. The fraction of sp³-hybridized carbons (Fsp3) is 0.417. The van der Waals surface area contributed by atoms with Gasteiger partial charge in [-0.15, -0.1) is 0 Å². The number of unbranched alkanes of at least 4 members (excludes halogenated alkanes) is 2. The van der Waals surface area contributed by atoms with Crippen LogP contribution in [0.3, 0.4) is 0 Å². The van der Waals surface area contributed by atoms with E-state index in [9.17, 15) is 13.6 Å². The van der Waals surface area contributed by atoms with Crippen LogP contribution < -0.4 is 5.32 Å². The first kappa shape index (κ1) is 14.9. The fourth-order valence-corrected chi connectivity index (χ4v) is 1.90. The molecule has 0 heterocycles. The summed E-state index contributed by atoms with van der Waals surface area (Å²) < 4.78 is 27.1. The highest BCUT2D eigenvalue weighted by molar-refractivity contribution is 9.10. The summed E-state index contributed by atoms with van der Waals surface area (Å²) in [5.41, 5.74) is -0.142. The third kappa shape index (κ3) is 5.00. The monoisotopic (exact) mass is 321 g/mol. The first-order valence-electron chi connectivity index (χ1n) is 5.61. The van der Waals surface area contributed by atoms with E-state index in [1.165, 1.54) is 12.1 Å². The van der Waals surface area contributed by atoms with Crippen molar-refractivity contribution in [2.75, 3.05) is 11.9 Å². The van der Waals surface area contributed by atoms with Crippen LogP contribution in [0.2, 0.25) is 0 Å². The minimum atomic E-state index is -0.826. The predicted octanol–water partition coefficient (Wildman–Crippen LogP) is 3.78. The molecular formula is C12H14BrF2NO2. The van der Waals surface area contributed by atoms with Crippen molar-refractivity contribution in [2.24, 2.45) is 0 Å². The molecule has 1 rings (SSSR count). The Balaban J connectivity index is 2.33. The van der Waals surface area contributed by atoms with E-state index in [1.54, 1.807) is 0 Å². The van der Waals surface area contributed by atoms with Gasteiger partial charge >= 0.3 is 5.97 Å². The molecule has 3 nitrogen and oxygen atoms in total. The van der Waals surface area contributed by atoms with E-state index in [0.29, 0.717) is 30.3 Å². The summed E-state index contributed by atoms with van der Waals surface area (Å²) in [4.78, 5) is 10.3. The molecule has 0 amide bonds. The normalized spacial score (nSPS) is 10.4. The summed E-state index contributed by atoms with van der Waals surface area (Å²) in [5, 5.41) is 11.1. The van der Waals surface area contributed by atoms with Crippen LogP contribution in [-0.4, -0.2) is 17.6 Å². The zero-order valence-electron chi connectivity index (χ0n) is 9.68. The van der Waals surface area contributed by atoms with Gasteiger partial charge in [0.1, 0.15) is 17.3 Å². The van der Waals surface area contributed by atoms with Gasteiger partial charge in [-0.05, 0) is 25.0 Å². The number of hydrogen-bond acceptors (Lipinski definition) is 2. The Bertz CT molecular complexity index is 404. The second-order valence-electron chi connectivity index (χ2n) is 3.88. The van der Waals surface area contributed by atoms with Gasteiger partial charge in [0, 0.05) is 17.4 Å². The number of aliphatic carboxylic acids is 1. The van der Waals surface area contributed by atoms with Crippen LogP contribution >= 0.6 is 15.9 Å². The van der Waals surface area contributed by atoms with Crippen LogP contribution in [0.25, 0.3) is 0 Å². The van der Waals surface area contributed by atoms with E-state index in [4.69, 9.17) is 5.11 Å². The van der Waals surface area contributed by atoms with Crippen molar-refractivity contribution >= 4 is 27.6 Å². The van der Waals surface area contributed by atoms with E-state index < -0.39 is 17.6 Å². The molecular weight excluding hydrogens is 308 g/mol. The molecule has 0 spiro atoms. The molecule has 2 N–H and O–H groups in total. The van der Waals surface area contributed by atoms with Crippen LogP contribution in [0.5, 0.6) is 0 Å². The molecule has 0 unspecified atom stereocenters. The van der Waals surface area contributed by atoms with Crippen molar-refractivity contribution in [3.8, 4) is 0 Å². The summed E-state index contributed by atoms with van der Waals surface area (Å²) in [6.45, 7) is 0.412. The molecule has 6 heteroatoms. The lowest BCUT2D eigenvalue weighted by Gasteiger charge is -2.08. The summed E-state index contributed by atoms with van der Waals surface area (Å²) in [6, 6.07) is 2.38. The van der Waals surface area contributed by atoms with Crippen molar-refractivity contribution < 1.29 is 18.7 Å². The quantitative estimate of drug-likeness (QED) is 0.751. The average molecular weight is 322 g/mol. The van der Waals surface area contributed by atoms with Crippen LogP contribution in [0.15, 0.2) is 16.6 Å². The molecule has 0 bridgehead atoms. The summed E-state index contributed by atoms with van der Waals surface area (Å²) >= 11 is 3.00. The number of hydrogen-bond donors (Lipinski definition) is 2. The maximum absolute atomic E-state index is 13.4. The Morgan fingerprint density at radius 2 is 1.83 bits per heavy atom. The van der Waals surface area contributed by atoms with Crippen LogP contribution in [0, 0.1) is 11.6 Å². The molecule has 100 valence electrons. The Hall–Kier alpha value is -1.17. The lowest BCUT2D eigenvalue weighted by molar-refractivity contribution is -0.137. The number of carboxylic acids is 1. The number of rotatable bonds is 7. The Morgan fingerprint density at radius 3 is 2.39 bits per heavy atom. The van der Waals surface area contributed by atoms with Crippen LogP contribution in [0.1, 0.15) is 25.7 Å². The number of nitrogens with one attached hydrogen (secondary N) is 1. The van der Waals surface area contributed by atoms with E-state index in [-0.39, 0.29) is 12.1 Å². The zero-order valence-corrected chi connectivity index (χ0v) is 11.3. The molecule has 1 aromatic carbocycles. The van der Waals surface area contributed by atoms with Gasteiger partial charge in [-0.3, -0.25) is 4.79 Å². The highest BCUT2D eigenvalue weighted by Gasteiger charge is 2.09. The molecule has 0 atom stereocenters. The maximum atomic E-state index is 13.4. The minimum absolute atomic E-state index is 0.126. The smallest absolute Gasteiger partial charge is 0.303 e. The van der Waals surface area contributed by atoms with Gasteiger partial charge < -0.3 is 10.4 Å². The second-order valence-corrected chi connectivity index (χ2v) is 4.79. The standard InChI is InChI=1S/C12H14BrF2NO2/c13-8-6-9(14)12(10(15)7-8)16-5-3-1-2-4-11(17)18/h6-7,16H,1-5H2,(H,17,18). The molecule has 0 fully saturated rings. The van der Waals surface area contributed by atoms with Crippen molar-refractivity contribution in [3.63, 3.8) is 0 Å². The molecule has 0 saturated carbocycles. The van der Waals surface area contributed by atoms with Crippen LogP contribution in [0.4, 0.5) is 14.5 Å². The first-order valence-corrected chi connectivity index (χ1v) is 6.40. The number of carboxylic acid groups (broad SMARTS) is 1. The minimum Gasteiger partial charge on any atom is -0.481 e. The molecule has 0 aromatic heterocycles. The van der Waals surface area contributed by atoms with Crippen LogP contribution in [-0.2, 0) is 4.79 Å². The lowest BCUT2D eigenvalue weighted by atomic mass is 10.2. The number of benzene rings is 1. The third-order valence-electron chi connectivity index (χ3n) is 2.38. The third-order valence-corrected chi connectivity index (χ3v) is 2.83. The highest BCUT2D eigenvalue weighted by atomic mass is 79.9. The second kappa shape index (κ2) is 7.31. The number of carbonyl (C=O) groups is 1. The van der Waals surface area contributed by atoms with Crippen molar-refractivity contribution in [1.82, 2.24) is 0 Å². The van der Waals surface area contributed by atoms with Gasteiger partial charge in [0.25, 0.3) is 0 Å². The topological polar surface area (TPSA) is 49.3 Å². The van der Waals surface area contributed by atoms with Gasteiger partial charge in [-0.1, -0.05) is 22.4 Å². The summed E-state index contributed by atoms with van der Waals surface area (Å²) in [6.07, 6.45) is 2.07. The first-order chi connectivity index (χ1) is 8.50. The molecule has 0 radical (unpaired) electrons. The molecule has 18 heavy (non-hydrogen) atoms. The largest absolute Gasteiger partial charge is 0.481 e. The van der Waals surface area contributed by atoms with Gasteiger partial charge in [0.15, 0.2) is 0 Å². The maximum Gasteiger partial charge on any atom is 0.303 e. The van der Waals surface area contributed by atoms with E-state index in [1.807, 2.05) is 0 Å². The highest BCUT2D eigenvalue weighted by Crippen LogP contribution is 2.23. The zero-order chi connectivity index (χ0) is 13.5. The summed E-state index contributed by atoms with van der Waals surface area (Å²) in [7, 11) is 0. The Morgan fingerprint density at radius 1 is 1.22 bits per heavy atom. The van der Waals surface area contributed by atoms with Crippen molar-refractivity contribution in [2.45, 2.75) is 25.7 Å². The number of anilines is 1. The van der Waals surface area contributed by atoms with Gasteiger partial charge in [0.05, 0.1) is 0 Å². The van der Waals surface area contributed by atoms with Gasteiger partial charge in [0.2, 0.25) is 0 Å². The molecule has 0 aliphatic carbocycles. The Kier molecular flexibility index (Phi) is 6.04. The Labute approximate surface area is 112 Å². The van der Waals surface area contributed by atoms with Crippen molar-refractivity contribution in [1.29, 1.82) is 0 Å². The van der Waals surface area contributed by atoms with Gasteiger partial charge in [-0.2, -0.15) is 0 Å². The summed E-state index contributed by atoms with van der Waals surface area (Å²) in [5.74, 6) is -2.12. The van der Waals surface area contributed by atoms with E-state index in [0.717, 1.165) is 0 Å². The van der Waals surface area contributed by atoms with Gasteiger partial charge in [-0.25, -0.2) is 8.78 Å². The van der Waals surface area contributed by atoms with E-state index in [2.05, 4.69) is 21.2 Å². The van der Waals surface area contributed by atoms with Crippen molar-refractivity contribution in [3.05, 3.63) is 28.2 Å². The lowest BCUT2D eigenvalue weighted by Crippen LogP contribution is -2.06. The predicted molar refractivity (Wildman–Crippen MR) is 68.7 cm³/mol. The molecule has 1 aromatic rings.